The van der Waals surface area contributed by atoms with Crippen LogP contribution in [0.3, 0.4) is 0 Å². The van der Waals surface area contributed by atoms with Crippen molar-refractivity contribution in [3.8, 4) is 11.8 Å². The summed E-state index contributed by atoms with van der Waals surface area (Å²) in [5, 5.41) is 9.13. The van der Waals surface area contributed by atoms with Gasteiger partial charge in [-0.1, -0.05) is 18.2 Å². The van der Waals surface area contributed by atoms with Gasteiger partial charge in [0, 0.05) is 11.3 Å². The van der Waals surface area contributed by atoms with Crippen molar-refractivity contribution < 1.29 is 13.5 Å². The van der Waals surface area contributed by atoms with Gasteiger partial charge in [-0.3, -0.25) is 4.79 Å². The van der Waals surface area contributed by atoms with E-state index in [2.05, 4.69) is 4.74 Å². The highest BCUT2D eigenvalue weighted by Gasteiger charge is 2.20. The minimum atomic E-state index is -2.93. The van der Waals surface area contributed by atoms with E-state index in [4.69, 9.17) is 5.26 Å². The fourth-order valence-electron chi connectivity index (χ4n) is 2.98. The molecule has 0 saturated heterocycles. The summed E-state index contributed by atoms with van der Waals surface area (Å²) < 4.78 is 31.1. The molecule has 4 nitrogen and oxygen atoms in total. The molecular weight excluding hydrogens is 302 g/mol. The Labute approximate surface area is 131 Å². The number of fused-ring (bicyclic) bond motifs is 1. The van der Waals surface area contributed by atoms with Gasteiger partial charge in [-0.05, 0) is 37.0 Å². The van der Waals surface area contributed by atoms with Crippen LogP contribution >= 0.6 is 0 Å². The van der Waals surface area contributed by atoms with E-state index in [9.17, 15) is 13.6 Å². The highest BCUT2D eigenvalue weighted by atomic mass is 19.3. The van der Waals surface area contributed by atoms with Gasteiger partial charge < -0.3 is 9.30 Å². The number of aryl methyl sites for hydroxylation is 1. The Morgan fingerprint density at radius 3 is 2.83 bits per heavy atom. The van der Waals surface area contributed by atoms with Crippen molar-refractivity contribution in [2.45, 2.75) is 32.4 Å². The van der Waals surface area contributed by atoms with E-state index in [1.807, 2.05) is 6.07 Å². The molecule has 1 aliphatic rings. The first-order valence-electron chi connectivity index (χ1n) is 7.28. The SMILES string of the molecule is N#Cc1cc2c(n(Cc3ccccc3OC(F)F)c1=O)CCC2. The minimum absolute atomic E-state index is 0.0449. The molecule has 1 heterocycles. The van der Waals surface area contributed by atoms with E-state index in [0.29, 0.717) is 5.56 Å². The third kappa shape index (κ3) is 2.95. The predicted molar refractivity (Wildman–Crippen MR) is 79.6 cm³/mol. The van der Waals surface area contributed by atoms with Crippen molar-refractivity contribution in [3.63, 3.8) is 0 Å². The van der Waals surface area contributed by atoms with E-state index in [-0.39, 0.29) is 23.4 Å². The second-order valence-electron chi connectivity index (χ2n) is 5.37. The molecule has 1 aromatic heterocycles. The lowest BCUT2D eigenvalue weighted by Crippen LogP contribution is -2.26. The number of halogens is 2. The number of alkyl halides is 2. The topological polar surface area (TPSA) is 55.0 Å². The van der Waals surface area contributed by atoms with E-state index in [0.717, 1.165) is 30.5 Å². The van der Waals surface area contributed by atoms with Gasteiger partial charge in [0.15, 0.2) is 0 Å². The predicted octanol–water partition coefficient (Wildman–Crippen LogP) is 2.86. The number of ether oxygens (including phenoxy) is 1. The van der Waals surface area contributed by atoms with Gasteiger partial charge in [-0.2, -0.15) is 14.0 Å². The molecule has 0 amide bonds. The molecule has 0 atom stereocenters. The lowest BCUT2D eigenvalue weighted by Gasteiger charge is -2.15. The van der Waals surface area contributed by atoms with Gasteiger partial charge in [0.05, 0.1) is 6.54 Å². The molecule has 23 heavy (non-hydrogen) atoms. The Hall–Kier alpha value is -2.68. The number of rotatable bonds is 4. The summed E-state index contributed by atoms with van der Waals surface area (Å²) in [6.07, 6.45) is 2.48. The van der Waals surface area contributed by atoms with Crippen LogP contribution in [0.5, 0.6) is 5.75 Å². The molecule has 2 aromatic rings. The first kappa shape index (κ1) is 15.2. The third-order valence-corrected chi connectivity index (χ3v) is 3.99. The molecule has 1 aromatic carbocycles. The van der Waals surface area contributed by atoms with Crippen LogP contribution in [-0.4, -0.2) is 11.2 Å². The summed E-state index contributed by atoms with van der Waals surface area (Å²) in [6.45, 7) is -2.82. The summed E-state index contributed by atoms with van der Waals surface area (Å²) in [5.41, 5.74) is 2.03. The Bertz CT molecular complexity index is 837. The minimum Gasteiger partial charge on any atom is -0.434 e. The van der Waals surface area contributed by atoms with Gasteiger partial charge in [0.25, 0.3) is 5.56 Å². The highest BCUT2D eigenvalue weighted by Crippen LogP contribution is 2.25. The zero-order chi connectivity index (χ0) is 16.4. The van der Waals surface area contributed by atoms with E-state index in [1.54, 1.807) is 24.3 Å². The quantitative estimate of drug-likeness (QED) is 0.871. The van der Waals surface area contributed by atoms with Crippen molar-refractivity contribution in [1.82, 2.24) is 4.57 Å². The Balaban J connectivity index is 2.07. The van der Waals surface area contributed by atoms with Crippen LogP contribution in [0.1, 0.15) is 28.8 Å². The number of para-hydroxylation sites is 1. The second-order valence-corrected chi connectivity index (χ2v) is 5.37. The highest BCUT2D eigenvalue weighted by molar-refractivity contribution is 5.39. The number of nitriles is 1. The standard InChI is InChI=1S/C17H14F2N2O2/c18-17(19)23-15-7-2-1-4-12(15)10-21-14-6-3-5-11(14)8-13(9-20)16(21)22/h1-2,4,7-8,17H,3,5-6,10H2. The molecule has 0 unspecified atom stereocenters. The number of pyridine rings is 1. The van der Waals surface area contributed by atoms with E-state index >= 15 is 0 Å². The number of hydrogen-bond acceptors (Lipinski definition) is 3. The van der Waals surface area contributed by atoms with Crippen molar-refractivity contribution in [2.24, 2.45) is 0 Å². The molecule has 0 bridgehead atoms. The lowest BCUT2D eigenvalue weighted by atomic mass is 10.1. The first-order chi connectivity index (χ1) is 11.1. The monoisotopic (exact) mass is 316 g/mol. The van der Waals surface area contributed by atoms with Crippen LogP contribution in [-0.2, 0) is 19.4 Å². The van der Waals surface area contributed by atoms with Crippen LogP contribution in [0.2, 0.25) is 0 Å². The number of hydrogen-bond donors (Lipinski definition) is 0. The van der Waals surface area contributed by atoms with Gasteiger partial charge in [0.2, 0.25) is 0 Å². The van der Waals surface area contributed by atoms with Crippen molar-refractivity contribution in [3.05, 3.63) is 63.1 Å². The van der Waals surface area contributed by atoms with Crippen molar-refractivity contribution >= 4 is 0 Å². The molecule has 3 rings (SSSR count). The molecule has 0 fully saturated rings. The van der Waals surface area contributed by atoms with Gasteiger partial charge in [0.1, 0.15) is 17.4 Å². The maximum Gasteiger partial charge on any atom is 0.387 e. The van der Waals surface area contributed by atoms with Crippen LogP contribution < -0.4 is 10.3 Å². The van der Waals surface area contributed by atoms with Crippen LogP contribution in [0.4, 0.5) is 8.78 Å². The van der Waals surface area contributed by atoms with Gasteiger partial charge >= 0.3 is 6.61 Å². The molecule has 0 radical (unpaired) electrons. The number of benzene rings is 1. The van der Waals surface area contributed by atoms with Crippen LogP contribution in [0, 0.1) is 11.3 Å². The largest absolute Gasteiger partial charge is 0.434 e. The van der Waals surface area contributed by atoms with Gasteiger partial charge in [-0.15, -0.1) is 0 Å². The Morgan fingerprint density at radius 1 is 1.30 bits per heavy atom. The van der Waals surface area contributed by atoms with Crippen molar-refractivity contribution in [2.75, 3.05) is 0 Å². The van der Waals surface area contributed by atoms with Gasteiger partial charge in [-0.25, -0.2) is 0 Å². The summed E-state index contributed by atoms with van der Waals surface area (Å²) in [4.78, 5) is 12.4. The molecule has 1 aliphatic carbocycles. The van der Waals surface area contributed by atoms with Crippen LogP contribution in [0.25, 0.3) is 0 Å². The summed E-state index contributed by atoms with van der Waals surface area (Å²) in [5.74, 6) is 0.0449. The van der Waals surface area contributed by atoms with Crippen LogP contribution in [0.15, 0.2) is 35.1 Å². The fraction of sp³-hybridized carbons (Fsp3) is 0.294. The molecule has 0 N–H and O–H groups in total. The maximum absolute atomic E-state index is 12.5. The average molecular weight is 316 g/mol. The number of nitrogens with zero attached hydrogens (tertiary/aromatic N) is 2. The number of aromatic nitrogens is 1. The van der Waals surface area contributed by atoms with E-state index in [1.165, 1.54) is 10.6 Å². The second kappa shape index (κ2) is 6.21. The normalized spacial score (nSPS) is 13.0. The zero-order valence-electron chi connectivity index (χ0n) is 12.3. The summed E-state index contributed by atoms with van der Waals surface area (Å²) in [7, 11) is 0. The summed E-state index contributed by atoms with van der Waals surface area (Å²) in [6, 6.07) is 9.94. The zero-order valence-corrected chi connectivity index (χ0v) is 12.3. The Kier molecular flexibility index (Phi) is 4.11. The Morgan fingerprint density at radius 2 is 2.09 bits per heavy atom. The molecule has 0 aliphatic heterocycles. The molecule has 118 valence electrons. The van der Waals surface area contributed by atoms with E-state index < -0.39 is 6.61 Å². The lowest BCUT2D eigenvalue weighted by molar-refractivity contribution is -0.0504. The third-order valence-electron chi connectivity index (χ3n) is 3.99. The van der Waals surface area contributed by atoms with Crippen molar-refractivity contribution in [1.29, 1.82) is 5.26 Å². The maximum atomic E-state index is 12.5. The average Bonchev–Trinajstić information content (AvgIpc) is 2.99. The smallest absolute Gasteiger partial charge is 0.387 e. The summed E-state index contributed by atoms with van der Waals surface area (Å²) >= 11 is 0. The fourth-order valence-corrected chi connectivity index (χ4v) is 2.98. The molecule has 0 spiro atoms. The molecule has 0 saturated carbocycles. The molecule has 6 heteroatoms. The first-order valence-corrected chi connectivity index (χ1v) is 7.28. The molecular formula is C17H14F2N2O2.